The van der Waals surface area contributed by atoms with Gasteiger partial charge in [-0.3, -0.25) is 0 Å². The average Bonchev–Trinajstić information content (AvgIpc) is 2.25. The maximum atomic E-state index is 5.79. The Morgan fingerprint density at radius 1 is 1.33 bits per heavy atom. The van der Waals surface area contributed by atoms with Gasteiger partial charge in [-0.15, -0.1) is 0 Å². The molecule has 0 saturated carbocycles. The topological polar surface area (TPSA) is 47.3 Å². The number of rotatable bonds is 7. The number of hydrogen-bond donors (Lipinski definition) is 2. The second kappa shape index (κ2) is 12.0. The average molecular weight is 218 g/mol. The van der Waals surface area contributed by atoms with Crippen molar-refractivity contribution in [3.63, 3.8) is 0 Å². The van der Waals surface area contributed by atoms with Crippen molar-refractivity contribution in [3.05, 3.63) is 0 Å². The summed E-state index contributed by atoms with van der Waals surface area (Å²) in [6.45, 7) is 9.02. The molecule has 3 atom stereocenters. The van der Waals surface area contributed by atoms with E-state index in [1.807, 2.05) is 20.9 Å². The van der Waals surface area contributed by atoms with Gasteiger partial charge in [-0.2, -0.15) is 0 Å². The van der Waals surface area contributed by atoms with E-state index < -0.39 is 0 Å². The molecule has 0 aliphatic rings. The predicted octanol–water partition coefficient (Wildman–Crippen LogP) is 2.01. The third-order valence-electron chi connectivity index (χ3n) is 2.48. The van der Waals surface area contributed by atoms with Gasteiger partial charge >= 0.3 is 0 Å². The predicted molar refractivity (Wildman–Crippen MR) is 68.1 cm³/mol. The molecule has 94 valence electrons. The van der Waals surface area contributed by atoms with Crippen LogP contribution in [-0.4, -0.2) is 32.8 Å². The van der Waals surface area contributed by atoms with Crippen LogP contribution in [-0.2, 0) is 4.74 Å². The number of ether oxygens (including phenoxy) is 1. The molecule has 3 nitrogen and oxygen atoms in total. The highest BCUT2D eigenvalue weighted by molar-refractivity contribution is 4.76. The van der Waals surface area contributed by atoms with Crippen molar-refractivity contribution in [1.29, 1.82) is 0 Å². The van der Waals surface area contributed by atoms with E-state index in [0.29, 0.717) is 12.0 Å². The third-order valence-corrected chi connectivity index (χ3v) is 2.48. The van der Waals surface area contributed by atoms with Crippen LogP contribution in [0.25, 0.3) is 0 Å². The quantitative estimate of drug-likeness (QED) is 0.687. The first-order chi connectivity index (χ1) is 7.15. The monoisotopic (exact) mass is 218 g/mol. The fourth-order valence-electron chi connectivity index (χ4n) is 1.73. The van der Waals surface area contributed by atoms with Crippen LogP contribution in [0.2, 0.25) is 0 Å². The highest BCUT2D eigenvalue weighted by Crippen LogP contribution is 2.15. The van der Waals surface area contributed by atoms with E-state index in [-0.39, 0.29) is 6.04 Å². The second-order valence-corrected chi connectivity index (χ2v) is 3.73. The smallest absolute Gasteiger partial charge is 0.0618 e. The van der Waals surface area contributed by atoms with Gasteiger partial charge < -0.3 is 15.8 Å². The van der Waals surface area contributed by atoms with Crippen LogP contribution >= 0.6 is 0 Å². The first-order valence-electron chi connectivity index (χ1n) is 6.07. The molecule has 0 radical (unpaired) electrons. The Morgan fingerprint density at radius 3 is 2.13 bits per heavy atom. The fraction of sp³-hybridized carbons (Fsp3) is 1.00. The van der Waals surface area contributed by atoms with Gasteiger partial charge in [0.15, 0.2) is 0 Å². The van der Waals surface area contributed by atoms with Gasteiger partial charge in [0.05, 0.1) is 6.61 Å². The van der Waals surface area contributed by atoms with Crippen molar-refractivity contribution in [2.75, 3.05) is 20.8 Å². The summed E-state index contributed by atoms with van der Waals surface area (Å²) in [6.07, 6.45) is 2.21. The van der Waals surface area contributed by atoms with Crippen molar-refractivity contribution in [1.82, 2.24) is 5.32 Å². The molecule has 15 heavy (non-hydrogen) atoms. The highest BCUT2D eigenvalue weighted by Gasteiger charge is 2.19. The molecule has 0 aromatic heterocycles. The molecule has 0 amide bonds. The summed E-state index contributed by atoms with van der Waals surface area (Å²) in [5, 5.41) is 3.28. The molecule has 0 bridgehead atoms. The third kappa shape index (κ3) is 8.85. The van der Waals surface area contributed by atoms with Gasteiger partial charge in [0, 0.05) is 19.2 Å². The summed E-state index contributed by atoms with van der Waals surface area (Å²) in [4.78, 5) is 0. The number of methoxy groups -OCH3 is 1. The molecular weight excluding hydrogens is 188 g/mol. The minimum absolute atomic E-state index is 0.276. The van der Waals surface area contributed by atoms with E-state index in [1.165, 1.54) is 0 Å². The summed E-state index contributed by atoms with van der Waals surface area (Å²) in [6, 6.07) is 0.707. The Hall–Kier alpha value is -0.120. The van der Waals surface area contributed by atoms with Crippen LogP contribution in [0.15, 0.2) is 0 Å². The van der Waals surface area contributed by atoms with Crippen molar-refractivity contribution >= 4 is 0 Å². The zero-order valence-electron chi connectivity index (χ0n) is 11.3. The normalized spacial score (nSPS) is 16.2. The summed E-state index contributed by atoms with van der Waals surface area (Å²) < 4.78 is 5.16. The molecule has 0 aliphatic heterocycles. The summed E-state index contributed by atoms with van der Waals surface area (Å²) in [5.74, 6) is 0.616. The Labute approximate surface area is 95.8 Å². The Morgan fingerprint density at radius 2 is 1.87 bits per heavy atom. The number of hydrogen-bond acceptors (Lipinski definition) is 3. The SMILES string of the molecule is CC.CC[C@H](CC(C)N)C(COC)NC. The van der Waals surface area contributed by atoms with Gasteiger partial charge in [-0.1, -0.05) is 27.2 Å². The maximum Gasteiger partial charge on any atom is 0.0618 e. The van der Waals surface area contributed by atoms with Gasteiger partial charge in [-0.05, 0) is 26.3 Å². The molecular formula is C12H30N2O. The number of likely N-dealkylation sites (N-methyl/N-ethyl adjacent to an activating group) is 1. The van der Waals surface area contributed by atoms with E-state index in [2.05, 4.69) is 19.2 Å². The lowest BCUT2D eigenvalue weighted by atomic mass is 9.91. The van der Waals surface area contributed by atoms with Crippen LogP contribution in [0.4, 0.5) is 0 Å². The molecule has 0 aromatic carbocycles. The lowest BCUT2D eigenvalue weighted by Gasteiger charge is -2.26. The zero-order valence-corrected chi connectivity index (χ0v) is 11.3. The Balaban J connectivity index is 0. The highest BCUT2D eigenvalue weighted by atomic mass is 16.5. The molecule has 3 N–H and O–H groups in total. The standard InChI is InChI=1S/C10H24N2O.C2H6/c1-5-9(6-8(2)11)10(12-3)7-13-4;1-2/h8-10,12H,5-7,11H2,1-4H3;1-2H3/t8?,9-,10?;/m1./s1. The largest absolute Gasteiger partial charge is 0.383 e. The fourth-order valence-corrected chi connectivity index (χ4v) is 1.73. The van der Waals surface area contributed by atoms with Crippen LogP contribution in [0.3, 0.4) is 0 Å². The minimum atomic E-state index is 0.276. The van der Waals surface area contributed by atoms with Crippen LogP contribution < -0.4 is 11.1 Å². The van der Waals surface area contributed by atoms with Gasteiger partial charge in [-0.25, -0.2) is 0 Å². The molecule has 2 unspecified atom stereocenters. The van der Waals surface area contributed by atoms with E-state index in [4.69, 9.17) is 10.5 Å². The van der Waals surface area contributed by atoms with Crippen molar-refractivity contribution < 1.29 is 4.74 Å². The van der Waals surface area contributed by atoms with E-state index >= 15 is 0 Å². The summed E-state index contributed by atoms with van der Waals surface area (Å²) >= 11 is 0. The van der Waals surface area contributed by atoms with Crippen LogP contribution in [0.5, 0.6) is 0 Å². The zero-order chi connectivity index (χ0) is 12.3. The van der Waals surface area contributed by atoms with E-state index in [0.717, 1.165) is 19.4 Å². The lowest BCUT2D eigenvalue weighted by Crippen LogP contribution is -2.39. The van der Waals surface area contributed by atoms with Crippen LogP contribution in [0.1, 0.15) is 40.5 Å². The van der Waals surface area contributed by atoms with Gasteiger partial charge in [0.25, 0.3) is 0 Å². The maximum absolute atomic E-state index is 5.79. The number of nitrogens with two attached hydrogens (primary N) is 1. The van der Waals surface area contributed by atoms with Crippen molar-refractivity contribution in [3.8, 4) is 0 Å². The molecule has 0 spiro atoms. The second-order valence-electron chi connectivity index (χ2n) is 3.73. The minimum Gasteiger partial charge on any atom is -0.383 e. The Kier molecular flexibility index (Phi) is 13.8. The molecule has 0 aromatic rings. The van der Waals surface area contributed by atoms with Crippen molar-refractivity contribution in [2.24, 2.45) is 11.7 Å². The molecule has 0 heterocycles. The van der Waals surface area contributed by atoms with Crippen molar-refractivity contribution in [2.45, 2.75) is 52.6 Å². The van der Waals surface area contributed by atoms with Crippen LogP contribution in [0, 0.1) is 5.92 Å². The first-order valence-corrected chi connectivity index (χ1v) is 6.07. The summed E-state index contributed by atoms with van der Waals surface area (Å²) in [7, 11) is 3.72. The molecule has 0 aliphatic carbocycles. The summed E-state index contributed by atoms with van der Waals surface area (Å²) in [5.41, 5.74) is 5.79. The molecule has 0 fully saturated rings. The first kappa shape index (κ1) is 17.3. The van der Waals surface area contributed by atoms with E-state index in [9.17, 15) is 0 Å². The number of nitrogens with one attached hydrogen (secondary N) is 1. The van der Waals surface area contributed by atoms with Gasteiger partial charge in [0.2, 0.25) is 0 Å². The molecule has 3 heteroatoms. The lowest BCUT2D eigenvalue weighted by molar-refractivity contribution is 0.137. The molecule has 0 rings (SSSR count). The Bertz CT molecular complexity index is 118. The molecule has 0 saturated heterocycles. The van der Waals surface area contributed by atoms with Gasteiger partial charge in [0.1, 0.15) is 0 Å². The van der Waals surface area contributed by atoms with E-state index in [1.54, 1.807) is 7.11 Å².